The Morgan fingerprint density at radius 2 is 2.22 bits per heavy atom. The average molecular weight is 248 g/mol. The van der Waals surface area contributed by atoms with E-state index >= 15 is 0 Å². The van der Waals surface area contributed by atoms with Gasteiger partial charge >= 0.3 is 0 Å². The van der Waals surface area contributed by atoms with Crippen molar-refractivity contribution in [1.29, 1.82) is 0 Å². The summed E-state index contributed by atoms with van der Waals surface area (Å²) in [6.07, 6.45) is 1.35. The van der Waals surface area contributed by atoms with Crippen molar-refractivity contribution in [3.8, 4) is 0 Å². The molecule has 2 rings (SSSR count). The molecule has 1 amide bonds. The summed E-state index contributed by atoms with van der Waals surface area (Å²) in [6.45, 7) is 1.81. The molecule has 0 atom stereocenters. The van der Waals surface area contributed by atoms with Crippen molar-refractivity contribution >= 4 is 17.4 Å². The number of nitrogens with one attached hydrogen (secondary N) is 1. The summed E-state index contributed by atoms with van der Waals surface area (Å²) in [6, 6.07) is 4.49. The van der Waals surface area contributed by atoms with Crippen molar-refractivity contribution in [2.75, 3.05) is 11.1 Å². The summed E-state index contributed by atoms with van der Waals surface area (Å²) in [4.78, 5) is 11.9. The highest BCUT2D eigenvalue weighted by atomic mass is 19.1. The molecule has 0 spiro atoms. The monoisotopic (exact) mass is 248 g/mol. The van der Waals surface area contributed by atoms with Crippen molar-refractivity contribution in [2.24, 2.45) is 7.05 Å². The maximum absolute atomic E-state index is 13.5. The van der Waals surface area contributed by atoms with E-state index in [-0.39, 0.29) is 17.1 Å². The standard InChI is InChI=1S/C12H13FN4O/c1-7-3-4-9(13)10(5-7)16-12(18)8-6-15-17(2)11(8)14/h3-6H,14H2,1-2H3,(H,16,18). The highest BCUT2D eigenvalue weighted by Gasteiger charge is 2.15. The molecule has 18 heavy (non-hydrogen) atoms. The highest BCUT2D eigenvalue weighted by Crippen LogP contribution is 2.18. The van der Waals surface area contributed by atoms with E-state index in [2.05, 4.69) is 10.4 Å². The normalized spacial score (nSPS) is 10.4. The minimum absolute atomic E-state index is 0.128. The number of benzene rings is 1. The number of anilines is 2. The van der Waals surface area contributed by atoms with Crippen molar-refractivity contribution in [3.05, 3.63) is 41.3 Å². The first-order valence-electron chi connectivity index (χ1n) is 5.34. The third-order valence-electron chi connectivity index (χ3n) is 2.60. The Bertz CT molecular complexity index is 606. The van der Waals surface area contributed by atoms with E-state index in [1.165, 1.54) is 16.9 Å². The third-order valence-corrected chi connectivity index (χ3v) is 2.60. The van der Waals surface area contributed by atoms with Crippen LogP contribution in [0.2, 0.25) is 0 Å². The number of rotatable bonds is 2. The largest absolute Gasteiger partial charge is 0.383 e. The number of nitrogen functional groups attached to an aromatic ring is 1. The molecule has 0 aliphatic carbocycles. The molecule has 0 saturated carbocycles. The molecule has 1 heterocycles. The Kier molecular flexibility index (Phi) is 3.01. The smallest absolute Gasteiger partial charge is 0.261 e. The molecule has 1 aromatic carbocycles. The van der Waals surface area contributed by atoms with Gasteiger partial charge < -0.3 is 11.1 Å². The van der Waals surface area contributed by atoms with Gasteiger partial charge in [0.1, 0.15) is 17.2 Å². The van der Waals surface area contributed by atoms with Crippen LogP contribution in [0, 0.1) is 12.7 Å². The van der Waals surface area contributed by atoms with Crippen LogP contribution in [0.3, 0.4) is 0 Å². The lowest BCUT2D eigenvalue weighted by molar-refractivity contribution is 0.102. The predicted molar refractivity (Wildman–Crippen MR) is 66.7 cm³/mol. The van der Waals surface area contributed by atoms with Crippen LogP contribution >= 0.6 is 0 Å². The molecule has 0 fully saturated rings. The van der Waals surface area contributed by atoms with Crippen LogP contribution in [0.15, 0.2) is 24.4 Å². The number of hydrogen-bond acceptors (Lipinski definition) is 3. The summed E-state index contributed by atoms with van der Waals surface area (Å²) in [5, 5.41) is 6.33. The number of aryl methyl sites for hydroxylation is 2. The number of amides is 1. The van der Waals surface area contributed by atoms with Crippen LogP contribution in [-0.2, 0) is 7.05 Å². The number of nitrogens with zero attached hydrogens (tertiary/aromatic N) is 2. The molecule has 0 unspecified atom stereocenters. The van der Waals surface area contributed by atoms with E-state index in [4.69, 9.17) is 5.73 Å². The van der Waals surface area contributed by atoms with Gasteiger partial charge in [0.15, 0.2) is 0 Å². The summed E-state index contributed by atoms with van der Waals surface area (Å²) in [5.41, 5.74) is 6.87. The van der Waals surface area contributed by atoms with Gasteiger partial charge in [0, 0.05) is 7.05 Å². The van der Waals surface area contributed by atoms with Gasteiger partial charge in [0.2, 0.25) is 0 Å². The Morgan fingerprint density at radius 1 is 1.50 bits per heavy atom. The summed E-state index contributed by atoms with van der Waals surface area (Å²) < 4.78 is 14.9. The Balaban J connectivity index is 2.27. The molecule has 0 radical (unpaired) electrons. The minimum atomic E-state index is -0.489. The van der Waals surface area contributed by atoms with Crippen LogP contribution in [-0.4, -0.2) is 15.7 Å². The van der Waals surface area contributed by atoms with E-state index < -0.39 is 11.7 Å². The molecule has 1 aromatic heterocycles. The number of aromatic nitrogens is 2. The summed E-state index contributed by atoms with van der Waals surface area (Å²) in [7, 11) is 1.62. The fourth-order valence-corrected chi connectivity index (χ4v) is 1.55. The van der Waals surface area contributed by atoms with Crippen molar-refractivity contribution in [2.45, 2.75) is 6.92 Å². The number of halogens is 1. The maximum atomic E-state index is 13.5. The van der Waals surface area contributed by atoms with E-state index in [0.29, 0.717) is 0 Å². The quantitative estimate of drug-likeness (QED) is 0.849. The molecule has 0 aliphatic heterocycles. The van der Waals surface area contributed by atoms with Gasteiger partial charge in [0.25, 0.3) is 5.91 Å². The first-order valence-corrected chi connectivity index (χ1v) is 5.34. The zero-order valence-electron chi connectivity index (χ0n) is 10.1. The summed E-state index contributed by atoms with van der Waals surface area (Å²) >= 11 is 0. The van der Waals surface area contributed by atoms with Gasteiger partial charge in [-0.3, -0.25) is 9.48 Å². The summed E-state index contributed by atoms with van der Waals surface area (Å²) in [5.74, 6) is -0.734. The lowest BCUT2D eigenvalue weighted by Crippen LogP contribution is -2.14. The molecule has 0 aliphatic rings. The van der Waals surface area contributed by atoms with Gasteiger partial charge in [0.05, 0.1) is 11.9 Å². The number of carbonyl (C=O) groups is 1. The van der Waals surface area contributed by atoms with Crippen molar-refractivity contribution in [1.82, 2.24) is 9.78 Å². The first kappa shape index (κ1) is 12.1. The molecule has 2 aromatic rings. The average Bonchev–Trinajstić information content (AvgIpc) is 2.65. The van der Waals surface area contributed by atoms with Crippen molar-refractivity contribution < 1.29 is 9.18 Å². The second kappa shape index (κ2) is 4.48. The molecular weight excluding hydrogens is 235 g/mol. The topological polar surface area (TPSA) is 72.9 Å². The van der Waals surface area contributed by atoms with Gasteiger partial charge in [-0.05, 0) is 24.6 Å². The fourth-order valence-electron chi connectivity index (χ4n) is 1.55. The van der Waals surface area contributed by atoms with Crippen LogP contribution in [0.25, 0.3) is 0 Å². The Hall–Kier alpha value is -2.37. The van der Waals surface area contributed by atoms with Crippen LogP contribution in [0.1, 0.15) is 15.9 Å². The second-order valence-corrected chi connectivity index (χ2v) is 4.00. The van der Waals surface area contributed by atoms with Gasteiger partial charge in [-0.2, -0.15) is 5.10 Å². The van der Waals surface area contributed by atoms with E-state index in [1.807, 2.05) is 6.92 Å². The fraction of sp³-hybridized carbons (Fsp3) is 0.167. The first-order chi connectivity index (χ1) is 8.49. The molecule has 3 N–H and O–H groups in total. The highest BCUT2D eigenvalue weighted by molar-refractivity contribution is 6.07. The predicted octanol–water partition coefficient (Wildman–Crippen LogP) is 1.70. The third kappa shape index (κ3) is 2.17. The van der Waals surface area contributed by atoms with Gasteiger partial charge in [-0.15, -0.1) is 0 Å². The van der Waals surface area contributed by atoms with E-state index in [0.717, 1.165) is 5.56 Å². The van der Waals surface area contributed by atoms with Crippen LogP contribution < -0.4 is 11.1 Å². The van der Waals surface area contributed by atoms with Crippen LogP contribution in [0.4, 0.5) is 15.9 Å². The SMILES string of the molecule is Cc1ccc(F)c(NC(=O)c2cnn(C)c2N)c1. The molecular formula is C12H13FN4O. The number of nitrogens with two attached hydrogens (primary N) is 1. The van der Waals surface area contributed by atoms with E-state index in [1.54, 1.807) is 19.2 Å². The molecule has 6 heteroatoms. The minimum Gasteiger partial charge on any atom is -0.383 e. The second-order valence-electron chi connectivity index (χ2n) is 4.00. The number of hydrogen-bond donors (Lipinski definition) is 2. The molecule has 0 saturated heterocycles. The Morgan fingerprint density at radius 3 is 2.83 bits per heavy atom. The Labute approximate surface area is 103 Å². The maximum Gasteiger partial charge on any atom is 0.261 e. The lowest BCUT2D eigenvalue weighted by atomic mass is 10.2. The molecule has 5 nitrogen and oxygen atoms in total. The van der Waals surface area contributed by atoms with Crippen LogP contribution in [0.5, 0.6) is 0 Å². The van der Waals surface area contributed by atoms with Crippen molar-refractivity contribution in [3.63, 3.8) is 0 Å². The van der Waals surface area contributed by atoms with E-state index in [9.17, 15) is 9.18 Å². The van der Waals surface area contributed by atoms with Gasteiger partial charge in [-0.25, -0.2) is 4.39 Å². The molecule has 0 bridgehead atoms. The zero-order valence-corrected chi connectivity index (χ0v) is 10.1. The van der Waals surface area contributed by atoms with Gasteiger partial charge in [-0.1, -0.05) is 6.07 Å². The lowest BCUT2D eigenvalue weighted by Gasteiger charge is -2.06. The molecule has 94 valence electrons. The zero-order chi connectivity index (χ0) is 13.3. The number of carbonyl (C=O) groups excluding carboxylic acids is 1.